The quantitative estimate of drug-likeness (QED) is 0.204. The summed E-state index contributed by atoms with van der Waals surface area (Å²) in [4.78, 5) is 17.8. The van der Waals surface area contributed by atoms with Gasteiger partial charge < -0.3 is 15.5 Å². The predicted octanol–water partition coefficient (Wildman–Crippen LogP) is 8.08. The molecule has 36 heavy (non-hydrogen) atoms. The number of nitrogens with zero attached hydrogens (tertiary/aromatic N) is 1. The molecule has 1 heterocycles. The Labute approximate surface area is 219 Å². The van der Waals surface area contributed by atoms with Gasteiger partial charge >= 0.3 is 0 Å². The Morgan fingerprint density at radius 2 is 1.75 bits per heavy atom. The third kappa shape index (κ3) is 4.92. The van der Waals surface area contributed by atoms with Gasteiger partial charge in [-0.3, -0.25) is 9.78 Å². The van der Waals surface area contributed by atoms with E-state index in [1.54, 1.807) is 18.3 Å². The molecule has 0 radical (unpaired) electrons. The number of rotatable bonds is 8. The summed E-state index contributed by atoms with van der Waals surface area (Å²) in [5.74, 6) is -0.0333. The lowest BCUT2D eigenvalue weighted by Crippen LogP contribution is -2.07. The second-order valence-corrected chi connectivity index (χ2v) is 10.1. The number of nitrogens with one attached hydrogen (secondary N) is 1. The van der Waals surface area contributed by atoms with E-state index < -0.39 is 6.10 Å². The van der Waals surface area contributed by atoms with Gasteiger partial charge in [0.1, 0.15) is 0 Å². The van der Waals surface area contributed by atoms with Crippen LogP contribution < -0.4 is 5.32 Å². The Bertz CT molecular complexity index is 1430. The molecule has 0 aliphatic heterocycles. The number of hydrogen-bond donors (Lipinski definition) is 3. The van der Waals surface area contributed by atoms with Gasteiger partial charge in [-0.15, -0.1) is 0 Å². The minimum absolute atomic E-state index is 0.0364. The molecule has 1 aromatic heterocycles. The molecule has 0 bridgehead atoms. The van der Waals surface area contributed by atoms with Crippen LogP contribution in [0.15, 0.2) is 60.8 Å². The Balaban J connectivity index is 1.60. The first kappa shape index (κ1) is 24.6. The van der Waals surface area contributed by atoms with Crippen molar-refractivity contribution >= 4 is 51.3 Å². The lowest BCUT2D eigenvalue weighted by Gasteiger charge is -2.16. The van der Waals surface area contributed by atoms with Crippen molar-refractivity contribution in [2.45, 2.75) is 38.7 Å². The van der Waals surface area contributed by atoms with Crippen LogP contribution in [-0.4, -0.2) is 21.0 Å². The van der Waals surface area contributed by atoms with Gasteiger partial charge in [-0.05, 0) is 72.4 Å². The van der Waals surface area contributed by atoms with Crippen molar-refractivity contribution in [3.8, 4) is 16.9 Å². The molecule has 1 aliphatic rings. The summed E-state index contributed by atoms with van der Waals surface area (Å²) < 4.78 is 0. The minimum atomic E-state index is -0.496. The second-order valence-electron chi connectivity index (χ2n) is 9.26. The van der Waals surface area contributed by atoms with Crippen LogP contribution in [-0.2, 0) is 0 Å². The van der Waals surface area contributed by atoms with Gasteiger partial charge in [0.15, 0.2) is 11.5 Å². The zero-order valence-corrected chi connectivity index (χ0v) is 21.3. The van der Waals surface area contributed by atoms with Crippen molar-refractivity contribution in [1.82, 2.24) is 4.98 Å². The van der Waals surface area contributed by atoms with E-state index in [-0.39, 0.29) is 27.5 Å². The number of hydrogen-bond acceptors (Lipinski definition) is 5. The molecule has 1 fully saturated rings. The number of anilines is 2. The first-order chi connectivity index (χ1) is 17.4. The van der Waals surface area contributed by atoms with E-state index in [1.165, 1.54) is 0 Å². The maximum atomic E-state index is 13.2. The molecule has 7 heteroatoms. The highest BCUT2D eigenvalue weighted by Crippen LogP contribution is 2.40. The van der Waals surface area contributed by atoms with Crippen molar-refractivity contribution in [1.29, 1.82) is 0 Å². The number of aliphatic hydroxyl groups excluding tert-OH is 1. The Morgan fingerprint density at radius 3 is 2.39 bits per heavy atom. The van der Waals surface area contributed by atoms with E-state index in [1.807, 2.05) is 49.4 Å². The maximum Gasteiger partial charge on any atom is 0.169 e. The van der Waals surface area contributed by atoms with Gasteiger partial charge in [-0.1, -0.05) is 54.7 Å². The number of ketones is 1. The van der Waals surface area contributed by atoms with Gasteiger partial charge in [0.2, 0.25) is 0 Å². The van der Waals surface area contributed by atoms with E-state index in [4.69, 9.17) is 23.2 Å². The molecule has 0 amide bonds. The summed E-state index contributed by atoms with van der Waals surface area (Å²) in [6.45, 7) is 2.04. The van der Waals surface area contributed by atoms with Gasteiger partial charge in [-0.2, -0.15) is 0 Å². The van der Waals surface area contributed by atoms with Crippen LogP contribution in [0.1, 0.15) is 54.6 Å². The van der Waals surface area contributed by atoms with Crippen LogP contribution in [0.5, 0.6) is 5.75 Å². The Morgan fingerprint density at radius 1 is 1.06 bits per heavy atom. The summed E-state index contributed by atoms with van der Waals surface area (Å²) in [5, 5.41) is 24.8. The Hall–Kier alpha value is -3.12. The number of aliphatic hydroxyl groups is 1. The molecule has 5 rings (SSSR count). The highest BCUT2D eigenvalue weighted by Gasteiger charge is 2.32. The molecule has 1 unspecified atom stereocenters. The van der Waals surface area contributed by atoms with Gasteiger partial charge in [-0.25, -0.2) is 0 Å². The molecule has 184 valence electrons. The Kier molecular flexibility index (Phi) is 6.89. The summed E-state index contributed by atoms with van der Waals surface area (Å²) in [7, 11) is 0. The van der Waals surface area contributed by atoms with Gasteiger partial charge in [0.25, 0.3) is 0 Å². The summed E-state index contributed by atoms with van der Waals surface area (Å²) in [5.41, 5.74) is 5.21. The highest BCUT2D eigenvalue weighted by molar-refractivity contribution is 6.37. The first-order valence-corrected chi connectivity index (χ1v) is 12.8. The van der Waals surface area contributed by atoms with E-state index in [0.717, 1.165) is 52.5 Å². The van der Waals surface area contributed by atoms with Crippen molar-refractivity contribution in [2.24, 2.45) is 5.92 Å². The van der Waals surface area contributed by atoms with E-state index in [9.17, 15) is 15.0 Å². The fourth-order valence-corrected chi connectivity index (χ4v) is 4.85. The average Bonchev–Trinajstić information content (AvgIpc) is 3.73. The maximum absolute atomic E-state index is 13.2. The minimum Gasteiger partial charge on any atom is -0.505 e. The molecule has 1 saturated carbocycles. The molecule has 3 N–H and O–H groups in total. The van der Waals surface area contributed by atoms with Crippen LogP contribution in [0, 0.1) is 5.92 Å². The molecule has 1 aliphatic carbocycles. The standard InChI is InChI=1S/C29H26Cl2N2O3/c1-2-3-26(34)16-6-9-20(10-7-16)33-27-21-12-18(19-13-23(30)29(36)24(31)14-19)8-11-25(21)32-15-22(27)28(35)17-4-5-17/h6-15,17,26,34,36H,2-5H2,1H3,(H,32,33). The third-order valence-corrected chi connectivity index (χ3v) is 7.13. The summed E-state index contributed by atoms with van der Waals surface area (Å²) >= 11 is 12.3. The van der Waals surface area contributed by atoms with Crippen LogP contribution in [0.25, 0.3) is 22.0 Å². The number of phenolic OH excluding ortho intramolecular Hbond substituents is 1. The molecule has 1 atom stereocenters. The molecule has 3 aromatic carbocycles. The number of carbonyl (C=O) groups excluding carboxylic acids is 1. The number of carbonyl (C=O) groups is 1. The monoisotopic (exact) mass is 520 g/mol. The number of aromatic nitrogens is 1. The van der Waals surface area contributed by atoms with E-state index >= 15 is 0 Å². The van der Waals surface area contributed by atoms with Crippen molar-refractivity contribution < 1.29 is 15.0 Å². The van der Waals surface area contributed by atoms with Crippen molar-refractivity contribution in [3.05, 3.63) is 82.0 Å². The molecule has 5 nitrogen and oxygen atoms in total. The molecule has 0 saturated heterocycles. The predicted molar refractivity (Wildman–Crippen MR) is 146 cm³/mol. The van der Waals surface area contributed by atoms with Crippen LogP contribution in [0.3, 0.4) is 0 Å². The molecule has 4 aromatic rings. The smallest absolute Gasteiger partial charge is 0.169 e. The van der Waals surface area contributed by atoms with Crippen molar-refractivity contribution in [3.63, 3.8) is 0 Å². The third-order valence-electron chi connectivity index (χ3n) is 6.56. The topological polar surface area (TPSA) is 82.5 Å². The fourth-order valence-electron chi connectivity index (χ4n) is 4.36. The van der Waals surface area contributed by atoms with E-state index in [0.29, 0.717) is 17.7 Å². The SMILES string of the molecule is CCCC(O)c1ccc(Nc2c(C(=O)C3CC3)cnc3ccc(-c4cc(Cl)c(O)c(Cl)c4)cc23)cc1. The highest BCUT2D eigenvalue weighted by atomic mass is 35.5. The number of halogens is 2. The molecular weight excluding hydrogens is 495 g/mol. The summed E-state index contributed by atoms with van der Waals surface area (Å²) in [6.07, 6.45) is 4.55. The molecular formula is C29H26Cl2N2O3. The second kappa shape index (κ2) is 10.1. The lowest BCUT2D eigenvalue weighted by molar-refractivity contribution is 0.0968. The first-order valence-electron chi connectivity index (χ1n) is 12.1. The zero-order valence-electron chi connectivity index (χ0n) is 19.8. The average molecular weight is 521 g/mol. The number of phenols is 1. The number of aromatic hydroxyl groups is 1. The van der Waals surface area contributed by atoms with Crippen LogP contribution >= 0.6 is 23.2 Å². The summed E-state index contributed by atoms with van der Waals surface area (Å²) in [6, 6.07) is 16.7. The van der Waals surface area contributed by atoms with E-state index in [2.05, 4.69) is 10.3 Å². The number of benzene rings is 3. The van der Waals surface area contributed by atoms with Crippen LogP contribution in [0.2, 0.25) is 10.0 Å². The zero-order chi connectivity index (χ0) is 25.4. The van der Waals surface area contributed by atoms with Crippen molar-refractivity contribution in [2.75, 3.05) is 5.32 Å². The largest absolute Gasteiger partial charge is 0.505 e. The lowest BCUT2D eigenvalue weighted by atomic mass is 9.98. The number of fused-ring (bicyclic) bond motifs is 1. The van der Waals surface area contributed by atoms with Gasteiger partial charge in [0.05, 0.1) is 32.9 Å². The fraction of sp³-hybridized carbons (Fsp3) is 0.241. The number of pyridine rings is 1. The van der Waals surface area contributed by atoms with Gasteiger partial charge in [0, 0.05) is 23.2 Å². The molecule has 0 spiro atoms. The van der Waals surface area contributed by atoms with Crippen LogP contribution in [0.4, 0.5) is 11.4 Å². The number of Topliss-reactive ketones (excluding diaryl/α,β-unsaturated/α-hetero) is 1. The normalized spacial score (nSPS) is 14.1.